The molecule has 0 radical (unpaired) electrons. The fourth-order valence-corrected chi connectivity index (χ4v) is 1.34. The van der Waals surface area contributed by atoms with Gasteiger partial charge in [0, 0.05) is 12.8 Å². The van der Waals surface area contributed by atoms with E-state index in [4.69, 9.17) is 10.8 Å². The van der Waals surface area contributed by atoms with Crippen LogP contribution in [0.15, 0.2) is 30.3 Å². The third-order valence-electron chi connectivity index (χ3n) is 2.89. The molecule has 31 heavy (non-hydrogen) atoms. The quantitative estimate of drug-likeness (QED) is 0.304. The molecule has 1 aromatic carbocycles. The summed E-state index contributed by atoms with van der Waals surface area (Å²) in [6, 6.07) is 9.37. The first-order valence-electron chi connectivity index (χ1n) is 10.1. The van der Waals surface area contributed by atoms with Crippen LogP contribution in [0.25, 0.3) is 0 Å². The number of carboxylic acids is 1. The highest BCUT2D eigenvalue weighted by Crippen LogP contribution is 1.99. The monoisotopic (exact) mass is 438 g/mol. The van der Waals surface area contributed by atoms with Gasteiger partial charge in [0.25, 0.3) is 0 Å². The average molecular weight is 439 g/mol. The summed E-state index contributed by atoms with van der Waals surface area (Å²) in [5.74, 6) is -1.40. The molecule has 0 fully saturated rings. The summed E-state index contributed by atoms with van der Waals surface area (Å²) in [5, 5.41) is 10.3. The van der Waals surface area contributed by atoms with Crippen LogP contribution in [-0.4, -0.2) is 35.9 Å². The largest absolute Gasteiger partial charge is 0.480 e. The van der Waals surface area contributed by atoms with Gasteiger partial charge < -0.3 is 25.7 Å². The maximum Gasteiger partial charge on any atom is 0.404 e. The van der Waals surface area contributed by atoms with Gasteiger partial charge >= 0.3 is 12.1 Å². The number of terminal acetylenes is 1. The normalized spacial score (nSPS) is 7.94. The summed E-state index contributed by atoms with van der Waals surface area (Å²) in [4.78, 5) is 40.7. The van der Waals surface area contributed by atoms with Crippen LogP contribution in [0.1, 0.15) is 65.4 Å². The molecule has 0 heterocycles. The number of primary amides is 1. The van der Waals surface area contributed by atoms with Crippen molar-refractivity contribution in [2.45, 2.75) is 66.4 Å². The fraction of sp³-hybridized carbons (Fsp3) is 0.478. The maximum atomic E-state index is 10.7. The van der Waals surface area contributed by atoms with E-state index in [1.165, 1.54) is 12.8 Å². The molecule has 0 aliphatic rings. The van der Waals surface area contributed by atoms with Crippen molar-refractivity contribution in [3.8, 4) is 12.8 Å². The number of carbonyl (C=O) groups excluding carboxylic acids is 3. The minimum atomic E-state index is -1.07. The Balaban J connectivity index is -0.000000177. The molecule has 0 aliphatic carbocycles. The lowest BCUT2D eigenvalue weighted by Crippen LogP contribution is -2.28. The van der Waals surface area contributed by atoms with Crippen molar-refractivity contribution in [1.82, 2.24) is 5.32 Å². The van der Waals surface area contributed by atoms with E-state index < -0.39 is 12.1 Å². The smallest absolute Gasteiger partial charge is 0.404 e. The first kappa shape index (κ1) is 35.1. The molecule has 0 spiro atoms. The molecule has 4 N–H and O–H groups in total. The highest BCUT2D eigenvalue weighted by molar-refractivity contribution is 5.81. The van der Waals surface area contributed by atoms with E-state index in [0.29, 0.717) is 12.8 Å². The lowest BCUT2D eigenvalue weighted by Gasteiger charge is -1.99. The first-order chi connectivity index (χ1) is 14.9. The third kappa shape index (κ3) is 38.0. The molecule has 8 heteroatoms. The fourth-order valence-electron chi connectivity index (χ4n) is 1.34. The van der Waals surface area contributed by atoms with Crippen LogP contribution in [-0.2, 0) is 25.7 Å². The number of amides is 2. The lowest BCUT2D eigenvalue weighted by molar-refractivity contribution is -0.138. The van der Waals surface area contributed by atoms with Gasteiger partial charge in [0.05, 0.1) is 0 Å². The standard InChI is InChI=1S/C8H9NO2.C7H11NO4.C4H10.C2H6.C2H2/c9-8(10)11-6-7-4-2-1-3-5-7;9-4-2-1-3-6(10)8-5-7(11)12;1-3-4-2;2*1-2/h1-5H,6H2,(H2,9,10);4H,1-3,5H2,(H,8,10)(H,11,12);3-4H2,1-2H3;1-2H3;1-2H. The topological polar surface area (TPSA) is 136 Å². The SMILES string of the molecule is C#C.CC.CCCC.NC(=O)OCc1ccccc1.O=CCCCC(=O)NCC(=O)O. The maximum absolute atomic E-state index is 10.7. The van der Waals surface area contributed by atoms with E-state index in [1.54, 1.807) is 0 Å². The van der Waals surface area contributed by atoms with Crippen molar-refractivity contribution in [2.24, 2.45) is 5.73 Å². The summed E-state index contributed by atoms with van der Waals surface area (Å²) >= 11 is 0. The highest BCUT2D eigenvalue weighted by atomic mass is 16.5. The number of benzene rings is 1. The van der Waals surface area contributed by atoms with Crippen molar-refractivity contribution < 1.29 is 29.0 Å². The van der Waals surface area contributed by atoms with Gasteiger partial charge in [0.2, 0.25) is 5.91 Å². The van der Waals surface area contributed by atoms with Crippen LogP contribution in [0.2, 0.25) is 0 Å². The molecule has 1 aromatic rings. The van der Waals surface area contributed by atoms with Crippen LogP contribution in [0.5, 0.6) is 0 Å². The number of nitrogens with one attached hydrogen (secondary N) is 1. The number of unbranched alkanes of at least 4 members (excludes halogenated alkanes) is 2. The van der Waals surface area contributed by atoms with Crippen molar-refractivity contribution in [3.63, 3.8) is 0 Å². The number of aliphatic carboxylic acids is 1. The second-order valence-corrected chi connectivity index (χ2v) is 5.32. The van der Waals surface area contributed by atoms with E-state index in [-0.39, 0.29) is 25.5 Å². The van der Waals surface area contributed by atoms with E-state index >= 15 is 0 Å². The first-order valence-corrected chi connectivity index (χ1v) is 10.1. The van der Waals surface area contributed by atoms with Gasteiger partial charge in [-0.25, -0.2) is 4.79 Å². The molecular weight excluding hydrogens is 400 g/mol. The van der Waals surface area contributed by atoms with E-state index in [0.717, 1.165) is 11.8 Å². The van der Waals surface area contributed by atoms with Crippen LogP contribution in [0.4, 0.5) is 4.79 Å². The molecule has 0 saturated carbocycles. The number of carbonyl (C=O) groups is 4. The Labute approximate surface area is 186 Å². The van der Waals surface area contributed by atoms with Gasteiger partial charge in [-0.3, -0.25) is 9.59 Å². The Kier molecular flexibility index (Phi) is 35.5. The minimum Gasteiger partial charge on any atom is -0.480 e. The number of hydrogen-bond donors (Lipinski definition) is 3. The number of nitrogens with two attached hydrogens (primary N) is 1. The summed E-state index contributed by atoms with van der Waals surface area (Å²) in [5.41, 5.74) is 5.72. The predicted octanol–water partition coefficient (Wildman–Crippen LogP) is 3.92. The Hall–Kier alpha value is -3.34. The molecule has 1 rings (SSSR count). The Bertz CT molecular complexity index is 572. The van der Waals surface area contributed by atoms with E-state index in [2.05, 4.69) is 36.7 Å². The number of hydrogen-bond acceptors (Lipinski definition) is 5. The van der Waals surface area contributed by atoms with Crippen molar-refractivity contribution in [2.75, 3.05) is 6.54 Å². The minimum absolute atomic E-state index is 0.200. The van der Waals surface area contributed by atoms with E-state index in [1.807, 2.05) is 44.2 Å². The zero-order chi connectivity index (χ0) is 24.9. The number of carboxylic acid groups (broad SMARTS) is 1. The molecule has 0 atom stereocenters. The number of ether oxygens (including phenoxy) is 1. The summed E-state index contributed by atoms with van der Waals surface area (Å²) in [6.45, 7) is 8.25. The van der Waals surface area contributed by atoms with Gasteiger partial charge in [-0.05, 0) is 12.0 Å². The number of rotatable bonds is 9. The van der Waals surface area contributed by atoms with Gasteiger partial charge in [0.15, 0.2) is 0 Å². The molecular formula is C23H38N2O6. The Morgan fingerprint density at radius 2 is 1.61 bits per heavy atom. The Morgan fingerprint density at radius 3 is 2.00 bits per heavy atom. The van der Waals surface area contributed by atoms with Crippen molar-refractivity contribution in [3.05, 3.63) is 35.9 Å². The van der Waals surface area contributed by atoms with Crippen LogP contribution in [0.3, 0.4) is 0 Å². The summed E-state index contributed by atoms with van der Waals surface area (Å²) < 4.78 is 4.57. The molecule has 8 nitrogen and oxygen atoms in total. The van der Waals surface area contributed by atoms with Crippen molar-refractivity contribution in [1.29, 1.82) is 0 Å². The van der Waals surface area contributed by atoms with Crippen LogP contribution in [0, 0.1) is 12.8 Å². The summed E-state index contributed by atoms with van der Waals surface area (Å²) in [6.07, 6.45) is 11.6. The second kappa shape index (κ2) is 31.4. The molecule has 0 aromatic heterocycles. The zero-order valence-electron chi connectivity index (χ0n) is 19.1. The predicted molar refractivity (Wildman–Crippen MR) is 123 cm³/mol. The van der Waals surface area contributed by atoms with Crippen molar-refractivity contribution >= 4 is 24.3 Å². The van der Waals surface area contributed by atoms with Gasteiger partial charge in [0.1, 0.15) is 19.4 Å². The molecule has 0 unspecified atom stereocenters. The van der Waals surface area contributed by atoms with Gasteiger partial charge in [-0.1, -0.05) is 70.9 Å². The number of aldehydes is 1. The molecule has 176 valence electrons. The highest BCUT2D eigenvalue weighted by Gasteiger charge is 2.02. The third-order valence-corrected chi connectivity index (χ3v) is 2.89. The molecule has 0 aliphatic heterocycles. The Morgan fingerprint density at radius 1 is 1.10 bits per heavy atom. The second-order valence-electron chi connectivity index (χ2n) is 5.32. The average Bonchev–Trinajstić information content (AvgIpc) is 2.80. The van der Waals surface area contributed by atoms with Crippen LogP contribution >= 0.6 is 0 Å². The zero-order valence-corrected chi connectivity index (χ0v) is 19.1. The van der Waals surface area contributed by atoms with Gasteiger partial charge in [-0.15, -0.1) is 12.8 Å². The lowest BCUT2D eigenvalue weighted by atomic mass is 10.2. The summed E-state index contributed by atoms with van der Waals surface area (Å²) in [7, 11) is 0. The molecule has 2 amide bonds. The van der Waals surface area contributed by atoms with Gasteiger partial charge in [-0.2, -0.15) is 0 Å². The van der Waals surface area contributed by atoms with E-state index in [9.17, 15) is 19.2 Å². The molecule has 0 saturated heterocycles. The molecule has 0 bridgehead atoms. The van der Waals surface area contributed by atoms with Crippen LogP contribution < -0.4 is 11.1 Å².